The lowest BCUT2D eigenvalue weighted by molar-refractivity contribution is 0.194. The summed E-state index contributed by atoms with van der Waals surface area (Å²) in [4.78, 5) is 14.5. The molecule has 0 unspecified atom stereocenters. The zero-order valence-electron chi connectivity index (χ0n) is 14.7. The van der Waals surface area contributed by atoms with Gasteiger partial charge in [-0.15, -0.1) is 0 Å². The van der Waals surface area contributed by atoms with E-state index in [2.05, 4.69) is 41.6 Å². The molecule has 2 aromatic rings. The van der Waals surface area contributed by atoms with E-state index in [4.69, 9.17) is 0 Å². The van der Waals surface area contributed by atoms with Gasteiger partial charge in [-0.1, -0.05) is 31.2 Å². The molecule has 5 heteroatoms. The highest BCUT2D eigenvalue weighted by Gasteiger charge is 2.25. The monoisotopic (exact) mass is 326 g/mol. The Balaban J connectivity index is 1.60. The average molecular weight is 326 g/mol. The van der Waals surface area contributed by atoms with E-state index in [0.29, 0.717) is 5.92 Å². The van der Waals surface area contributed by atoms with Crippen LogP contribution in [0.1, 0.15) is 42.5 Å². The van der Waals surface area contributed by atoms with Gasteiger partial charge in [0, 0.05) is 26.3 Å². The fraction of sp³-hybridized carbons (Fsp3) is 0.474. The second-order valence-electron chi connectivity index (χ2n) is 6.56. The van der Waals surface area contributed by atoms with Gasteiger partial charge in [-0.3, -0.25) is 4.68 Å². The number of urea groups is 1. The van der Waals surface area contributed by atoms with E-state index >= 15 is 0 Å². The Kier molecular flexibility index (Phi) is 4.88. The van der Waals surface area contributed by atoms with Crippen molar-refractivity contribution < 1.29 is 4.79 Å². The van der Waals surface area contributed by atoms with E-state index in [1.165, 1.54) is 11.1 Å². The van der Waals surface area contributed by atoms with E-state index in [1.807, 2.05) is 25.1 Å². The third-order valence-corrected chi connectivity index (χ3v) is 4.89. The van der Waals surface area contributed by atoms with Crippen molar-refractivity contribution in [2.75, 3.05) is 18.4 Å². The van der Waals surface area contributed by atoms with E-state index < -0.39 is 0 Å². The van der Waals surface area contributed by atoms with Gasteiger partial charge in [0.25, 0.3) is 0 Å². The van der Waals surface area contributed by atoms with Crippen LogP contribution in [0.25, 0.3) is 0 Å². The highest BCUT2D eigenvalue weighted by Crippen LogP contribution is 2.30. The maximum absolute atomic E-state index is 12.5. The first-order chi connectivity index (χ1) is 11.6. The van der Waals surface area contributed by atoms with E-state index in [1.54, 1.807) is 4.68 Å². The zero-order chi connectivity index (χ0) is 17.1. The summed E-state index contributed by atoms with van der Waals surface area (Å²) in [6, 6.07) is 8.57. The van der Waals surface area contributed by atoms with Crippen LogP contribution in [-0.4, -0.2) is 33.8 Å². The van der Waals surface area contributed by atoms with Crippen molar-refractivity contribution in [2.45, 2.75) is 39.0 Å². The smallest absolute Gasteiger partial charge is 0.321 e. The molecule has 1 fully saturated rings. The first-order valence-corrected chi connectivity index (χ1v) is 8.72. The van der Waals surface area contributed by atoms with Crippen LogP contribution in [0.4, 0.5) is 10.5 Å². The largest absolute Gasteiger partial charge is 0.324 e. The maximum Gasteiger partial charge on any atom is 0.321 e. The van der Waals surface area contributed by atoms with Crippen LogP contribution in [0.3, 0.4) is 0 Å². The number of amides is 2. The predicted molar refractivity (Wildman–Crippen MR) is 96.3 cm³/mol. The van der Waals surface area contributed by atoms with Crippen LogP contribution in [-0.2, 0) is 13.5 Å². The van der Waals surface area contributed by atoms with E-state index in [-0.39, 0.29) is 6.03 Å². The molecule has 0 aliphatic carbocycles. The molecule has 0 spiro atoms. The van der Waals surface area contributed by atoms with Crippen LogP contribution in [0.5, 0.6) is 0 Å². The minimum absolute atomic E-state index is 0.0130. The Morgan fingerprint density at radius 1 is 1.29 bits per heavy atom. The molecule has 2 heterocycles. The van der Waals surface area contributed by atoms with E-state index in [0.717, 1.165) is 43.7 Å². The summed E-state index contributed by atoms with van der Waals surface area (Å²) in [5.41, 5.74) is 4.54. The molecule has 1 aromatic heterocycles. The Hall–Kier alpha value is -2.30. The number of hydrogen-bond acceptors (Lipinski definition) is 2. The van der Waals surface area contributed by atoms with Crippen LogP contribution in [0.2, 0.25) is 0 Å². The Labute approximate surface area is 143 Å². The van der Waals surface area contributed by atoms with Gasteiger partial charge in [-0.05, 0) is 43.2 Å². The molecule has 0 bridgehead atoms. The summed E-state index contributed by atoms with van der Waals surface area (Å²) in [6.07, 6.45) is 4.72. The Bertz CT molecular complexity index is 714. The molecule has 1 aromatic carbocycles. The van der Waals surface area contributed by atoms with Crippen LogP contribution in [0.15, 0.2) is 30.5 Å². The normalized spacial score (nSPS) is 15.5. The number of hydrogen-bond donors (Lipinski definition) is 1. The summed E-state index contributed by atoms with van der Waals surface area (Å²) >= 11 is 0. The van der Waals surface area contributed by atoms with Crippen molar-refractivity contribution in [3.63, 3.8) is 0 Å². The Morgan fingerprint density at radius 3 is 2.67 bits per heavy atom. The number of piperidine rings is 1. The number of carbonyl (C=O) groups excluding carboxylic acids is 1. The summed E-state index contributed by atoms with van der Waals surface area (Å²) in [5, 5.41) is 7.39. The minimum atomic E-state index is -0.0130. The molecule has 24 heavy (non-hydrogen) atoms. The topological polar surface area (TPSA) is 50.2 Å². The summed E-state index contributed by atoms with van der Waals surface area (Å²) in [7, 11) is 1.88. The molecule has 3 rings (SSSR count). The van der Waals surface area contributed by atoms with Crippen LogP contribution in [0, 0.1) is 6.92 Å². The number of aryl methyl sites for hydroxylation is 3. The van der Waals surface area contributed by atoms with Gasteiger partial charge < -0.3 is 10.2 Å². The van der Waals surface area contributed by atoms with Crippen LogP contribution >= 0.6 is 0 Å². The molecule has 1 N–H and O–H groups in total. The number of nitrogens with one attached hydrogen (secondary N) is 1. The number of nitrogens with zero attached hydrogens (tertiary/aromatic N) is 3. The molecule has 0 saturated carbocycles. The average Bonchev–Trinajstić information content (AvgIpc) is 2.95. The summed E-state index contributed by atoms with van der Waals surface area (Å²) in [6.45, 7) is 5.81. The second-order valence-corrected chi connectivity index (χ2v) is 6.56. The van der Waals surface area contributed by atoms with Gasteiger partial charge in [0.2, 0.25) is 0 Å². The molecule has 2 amide bonds. The van der Waals surface area contributed by atoms with Crippen molar-refractivity contribution in [3.8, 4) is 0 Å². The van der Waals surface area contributed by atoms with Crippen molar-refractivity contribution in [1.82, 2.24) is 14.7 Å². The third kappa shape index (κ3) is 3.45. The van der Waals surface area contributed by atoms with Crippen molar-refractivity contribution in [1.29, 1.82) is 0 Å². The van der Waals surface area contributed by atoms with Crippen molar-refractivity contribution in [3.05, 3.63) is 47.3 Å². The molecular weight excluding hydrogens is 300 g/mol. The molecular formula is C19H26N4O. The lowest BCUT2D eigenvalue weighted by atomic mass is 9.87. The molecule has 5 nitrogen and oxygen atoms in total. The number of aromatic nitrogens is 2. The number of benzene rings is 1. The predicted octanol–water partition coefficient (Wildman–Crippen LogP) is 3.70. The zero-order valence-corrected chi connectivity index (χ0v) is 14.7. The molecule has 128 valence electrons. The first-order valence-electron chi connectivity index (χ1n) is 8.72. The fourth-order valence-electron chi connectivity index (χ4n) is 3.53. The highest BCUT2D eigenvalue weighted by molar-refractivity contribution is 5.89. The number of rotatable bonds is 3. The number of anilines is 1. The van der Waals surface area contributed by atoms with Crippen LogP contribution < -0.4 is 5.32 Å². The van der Waals surface area contributed by atoms with Gasteiger partial charge in [-0.25, -0.2) is 4.79 Å². The minimum Gasteiger partial charge on any atom is -0.324 e. The maximum atomic E-state index is 12.5. The quantitative estimate of drug-likeness (QED) is 0.935. The lowest BCUT2D eigenvalue weighted by Gasteiger charge is -2.32. The number of likely N-dealkylation sites (tertiary alicyclic amines) is 1. The first kappa shape index (κ1) is 16.6. The van der Waals surface area contributed by atoms with Gasteiger partial charge in [0.15, 0.2) is 0 Å². The summed E-state index contributed by atoms with van der Waals surface area (Å²) < 4.78 is 1.75. The second kappa shape index (κ2) is 7.07. The fourth-order valence-corrected chi connectivity index (χ4v) is 3.53. The van der Waals surface area contributed by atoms with Gasteiger partial charge in [0.05, 0.1) is 11.4 Å². The van der Waals surface area contributed by atoms with E-state index in [9.17, 15) is 4.79 Å². The van der Waals surface area contributed by atoms with Gasteiger partial charge in [-0.2, -0.15) is 5.10 Å². The summed E-state index contributed by atoms with van der Waals surface area (Å²) in [5.74, 6) is 0.555. The SMILES string of the molecule is CCc1nn(C)cc1NC(=O)N1CCC(c2ccccc2C)CC1. The molecule has 0 atom stereocenters. The lowest BCUT2D eigenvalue weighted by Crippen LogP contribution is -2.40. The number of carbonyl (C=O) groups is 1. The highest BCUT2D eigenvalue weighted by atomic mass is 16.2. The van der Waals surface area contributed by atoms with Gasteiger partial charge >= 0.3 is 6.03 Å². The standard InChI is InChI=1S/C19H26N4O/c1-4-17-18(13-22(3)21-17)20-19(24)23-11-9-15(10-12-23)16-8-6-5-7-14(16)2/h5-8,13,15H,4,9-12H2,1-3H3,(H,20,24). The van der Waals surface area contributed by atoms with Crippen molar-refractivity contribution >= 4 is 11.7 Å². The molecule has 0 radical (unpaired) electrons. The molecule has 1 saturated heterocycles. The third-order valence-electron chi connectivity index (χ3n) is 4.89. The molecule has 1 aliphatic rings. The van der Waals surface area contributed by atoms with Crippen molar-refractivity contribution in [2.24, 2.45) is 7.05 Å². The van der Waals surface area contributed by atoms with Gasteiger partial charge in [0.1, 0.15) is 0 Å². The Morgan fingerprint density at radius 2 is 2.00 bits per heavy atom. The molecule has 1 aliphatic heterocycles.